The average Bonchev–Trinajstić information content (AvgIpc) is 3.43. The number of aromatic amines is 1. The summed E-state index contributed by atoms with van der Waals surface area (Å²) < 4.78 is 8.90. The number of para-hydroxylation sites is 1. The third kappa shape index (κ3) is 3.62. The van der Waals surface area contributed by atoms with E-state index >= 15 is 0 Å². The van der Waals surface area contributed by atoms with Gasteiger partial charge in [0.25, 0.3) is 0 Å². The zero-order valence-corrected chi connectivity index (χ0v) is 21.4. The number of nitrogens with zero attached hydrogens (tertiary/aromatic N) is 4. The number of hydrogen-bond acceptors (Lipinski definition) is 6. The Labute approximate surface area is 223 Å². The van der Waals surface area contributed by atoms with Crippen molar-refractivity contribution in [1.29, 1.82) is 0 Å². The van der Waals surface area contributed by atoms with Crippen molar-refractivity contribution in [2.24, 2.45) is 0 Å². The lowest BCUT2D eigenvalue weighted by Crippen LogP contribution is -2.17. The molecule has 4 aromatic heterocycles. The van der Waals surface area contributed by atoms with Crippen LogP contribution in [0.3, 0.4) is 0 Å². The highest BCUT2D eigenvalue weighted by Gasteiger charge is 2.18. The second kappa shape index (κ2) is 8.74. The molecule has 4 heterocycles. The van der Waals surface area contributed by atoms with Crippen LogP contribution < -0.4 is 15.6 Å². The van der Waals surface area contributed by atoms with E-state index in [1.54, 1.807) is 24.5 Å². The van der Waals surface area contributed by atoms with Crippen LogP contribution >= 0.6 is 15.9 Å². The summed E-state index contributed by atoms with van der Waals surface area (Å²) >= 11 is 3.49. The van der Waals surface area contributed by atoms with Crippen LogP contribution in [0.4, 0.5) is 0 Å². The smallest absolute Gasteiger partial charge is 0.197 e. The number of rotatable bonds is 5. The first-order valence-corrected chi connectivity index (χ1v) is 12.7. The summed E-state index contributed by atoms with van der Waals surface area (Å²) in [4.78, 5) is 31.7. The molecule has 38 heavy (non-hydrogen) atoms. The van der Waals surface area contributed by atoms with E-state index in [9.17, 15) is 9.59 Å². The lowest BCUT2D eigenvalue weighted by molar-refractivity contribution is 0.308. The van der Waals surface area contributed by atoms with E-state index in [2.05, 4.69) is 36.3 Å². The van der Waals surface area contributed by atoms with E-state index < -0.39 is 0 Å². The molecule has 0 atom stereocenters. The van der Waals surface area contributed by atoms with Gasteiger partial charge in [-0.15, -0.1) is 0 Å². The average molecular weight is 564 g/mol. The van der Waals surface area contributed by atoms with Gasteiger partial charge in [0.1, 0.15) is 23.4 Å². The zero-order chi connectivity index (χ0) is 25.8. The van der Waals surface area contributed by atoms with Gasteiger partial charge in [0.05, 0.1) is 21.8 Å². The first-order chi connectivity index (χ1) is 18.6. The molecule has 0 unspecified atom stereocenters. The van der Waals surface area contributed by atoms with Crippen molar-refractivity contribution >= 4 is 54.2 Å². The molecule has 0 amide bonds. The molecule has 0 spiro atoms. The van der Waals surface area contributed by atoms with E-state index in [1.807, 2.05) is 59.1 Å². The van der Waals surface area contributed by atoms with Crippen molar-refractivity contribution in [3.63, 3.8) is 0 Å². The highest BCUT2D eigenvalue weighted by atomic mass is 79.9. The minimum Gasteiger partial charge on any atom is -0.489 e. The van der Waals surface area contributed by atoms with Gasteiger partial charge in [0.15, 0.2) is 10.9 Å². The monoisotopic (exact) mass is 563 g/mol. The maximum atomic E-state index is 13.8. The fourth-order valence-electron chi connectivity index (χ4n) is 5.04. The minimum atomic E-state index is -0.158. The summed E-state index contributed by atoms with van der Waals surface area (Å²) in [7, 11) is 0. The maximum Gasteiger partial charge on any atom is 0.197 e. The van der Waals surface area contributed by atoms with E-state index in [4.69, 9.17) is 4.74 Å². The lowest BCUT2D eigenvalue weighted by atomic mass is 10.0. The number of hydrogen-bond donors (Lipinski definition) is 1. The molecular weight excluding hydrogens is 546 g/mol. The number of benzene rings is 3. The number of aromatic nitrogens is 5. The molecule has 8 nitrogen and oxygen atoms in total. The van der Waals surface area contributed by atoms with Crippen molar-refractivity contribution in [2.75, 3.05) is 0 Å². The molecule has 0 aliphatic rings. The van der Waals surface area contributed by atoms with Gasteiger partial charge in [0.2, 0.25) is 0 Å². The number of nitrogens with one attached hydrogen (secondary N) is 1. The second-order valence-electron chi connectivity index (χ2n) is 9.15. The Kier molecular flexibility index (Phi) is 5.19. The van der Waals surface area contributed by atoms with E-state index in [0.29, 0.717) is 44.9 Å². The van der Waals surface area contributed by atoms with Crippen molar-refractivity contribution in [3.05, 3.63) is 121 Å². The molecule has 0 saturated carbocycles. The number of H-pyrrole nitrogens is 1. The van der Waals surface area contributed by atoms with E-state index in [1.165, 1.54) is 0 Å². The Hall–Kier alpha value is -4.63. The van der Waals surface area contributed by atoms with Crippen molar-refractivity contribution in [3.8, 4) is 5.75 Å². The highest BCUT2D eigenvalue weighted by Crippen LogP contribution is 2.29. The van der Waals surface area contributed by atoms with Crippen LogP contribution in [0.15, 0.2) is 93.3 Å². The third-order valence-electron chi connectivity index (χ3n) is 6.80. The van der Waals surface area contributed by atoms with Crippen molar-refractivity contribution in [1.82, 2.24) is 24.8 Å². The SMILES string of the molecule is O=c1c(Cc2cccnc2)cn2c3ccc(Br)cc3c(=O)c3cc(OCc4cccc5n[nH]nc45)cc1c32. The molecule has 0 saturated heterocycles. The molecular formula is C29H18BrN5O3. The minimum absolute atomic E-state index is 0.140. The molecule has 0 aliphatic heterocycles. The van der Waals surface area contributed by atoms with Gasteiger partial charge in [-0.1, -0.05) is 34.1 Å². The second-order valence-corrected chi connectivity index (χ2v) is 10.1. The summed E-state index contributed by atoms with van der Waals surface area (Å²) in [5, 5.41) is 12.4. The number of fused-ring (bicyclic) bond motifs is 3. The molecule has 184 valence electrons. The summed E-state index contributed by atoms with van der Waals surface area (Å²) in [6.45, 7) is 0.203. The Balaban J connectivity index is 1.46. The van der Waals surface area contributed by atoms with Crippen LogP contribution in [0.25, 0.3) is 38.2 Å². The lowest BCUT2D eigenvalue weighted by Gasteiger charge is -2.15. The van der Waals surface area contributed by atoms with Gasteiger partial charge in [-0.05, 0) is 48.0 Å². The summed E-state index contributed by atoms with van der Waals surface area (Å²) in [5.41, 5.74) is 4.83. The van der Waals surface area contributed by atoms with Gasteiger partial charge < -0.3 is 9.14 Å². The summed E-state index contributed by atoms with van der Waals surface area (Å²) in [5.74, 6) is 0.432. The molecule has 7 aromatic rings. The van der Waals surface area contributed by atoms with Crippen molar-refractivity contribution in [2.45, 2.75) is 13.0 Å². The van der Waals surface area contributed by atoms with Crippen LogP contribution in [0.1, 0.15) is 16.7 Å². The first kappa shape index (κ1) is 22.6. The summed E-state index contributed by atoms with van der Waals surface area (Å²) in [6.07, 6.45) is 5.71. The fraction of sp³-hybridized carbons (Fsp3) is 0.0690. The van der Waals surface area contributed by atoms with Gasteiger partial charge in [0, 0.05) is 46.0 Å². The highest BCUT2D eigenvalue weighted by molar-refractivity contribution is 9.10. The number of halogens is 1. The number of pyridine rings is 3. The van der Waals surface area contributed by atoms with Crippen LogP contribution in [-0.4, -0.2) is 24.8 Å². The van der Waals surface area contributed by atoms with Gasteiger partial charge in [-0.2, -0.15) is 15.4 Å². The maximum absolute atomic E-state index is 13.8. The molecule has 7 rings (SSSR count). The molecule has 9 heteroatoms. The predicted molar refractivity (Wildman–Crippen MR) is 149 cm³/mol. The molecule has 0 bridgehead atoms. The zero-order valence-electron chi connectivity index (χ0n) is 19.8. The quantitative estimate of drug-likeness (QED) is 0.233. The van der Waals surface area contributed by atoms with Crippen LogP contribution in [0.5, 0.6) is 5.75 Å². The normalized spacial score (nSPS) is 11.7. The van der Waals surface area contributed by atoms with Gasteiger partial charge in [-0.3, -0.25) is 14.6 Å². The predicted octanol–water partition coefficient (Wildman–Crippen LogP) is 5.00. The largest absolute Gasteiger partial charge is 0.489 e. The Bertz CT molecular complexity index is 2120. The molecule has 0 radical (unpaired) electrons. The van der Waals surface area contributed by atoms with E-state index in [0.717, 1.165) is 26.6 Å². The Morgan fingerprint density at radius 2 is 1.76 bits per heavy atom. The van der Waals surface area contributed by atoms with Gasteiger partial charge in [-0.25, -0.2) is 0 Å². The standard InChI is InChI=1S/C29H18BrN5O3/c30-19-6-7-25-21(10-19)29(37)23-12-20(38-15-17-4-1-5-24-26(17)33-34-32-24)11-22-27(23)35(25)14-18(28(22)36)9-16-3-2-8-31-13-16/h1-8,10-14H,9,15H2,(H,32,33,34). The van der Waals surface area contributed by atoms with Crippen molar-refractivity contribution < 1.29 is 4.74 Å². The number of ether oxygens (including phenoxy) is 1. The van der Waals surface area contributed by atoms with Crippen LogP contribution in [0, 0.1) is 0 Å². The Morgan fingerprint density at radius 3 is 2.61 bits per heavy atom. The van der Waals surface area contributed by atoms with E-state index in [-0.39, 0.29) is 17.5 Å². The molecule has 0 fully saturated rings. The Morgan fingerprint density at radius 1 is 0.895 bits per heavy atom. The topological polar surface area (TPSA) is 102 Å². The first-order valence-electron chi connectivity index (χ1n) is 11.9. The molecule has 3 aromatic carbocycles. The fourth-order valence-corrected chi connectivity index (χ4v) is 5.40. The van der Waals surface area contributed by atoms with Crippen LogP contribution in [0.2, 0.25) is 0 Å². The summed E-state index contributed by atoms with van der Waals surface area (Å²) in [6, 6.07) is 18.5. The molecule has 1 N–H and O–H groups in total. The van der Waals surface area contributed by atoms with Gasteiger partial charge >= 0.3 is 0 Å². The van der Waals surface area contributed by atoms with Crippen LogP contribution in [-0.2, 0) is 13.0 Å². The molecule has 0 aliphatic carbocycles. The third-order valence-corrected chi connectivity index (χ3v) is 7.29.